The summed E-state index contributed by atoms with van der Waals surface area (Å²) < 4.78 is 5.62. The van der Waals surface area contributed by atoms with Crippen molar-refractivity contribution >= 4 is 28.9 Å². The van der Waals surface area contributed by atoms with Crippen molar-refractivity contribution in [3.8, 4) is 0 Å². The van der Waals surface area contributed by atoms with Crippen molar-refractivity contribution in [1.82, 2.24) is 15.2 Å². The van der Waals surface area contributed by atoms with Crippen molar-refractivity contribution in [2.75, 3.05) is 23.3 Å². The van der Waals surface area contributed by atoms with Gasteiger partial charge in [-0.3, -0.25) is 9.89 Å². The van der Waals surface area contributed by atoms with E-state index < -0.39 is 0 Å². The first kappa shape index (κ1) is 10.7. The number of nitrogens with zero attached hydrogens (tertiary/aromatic N) is 3. The van der Waals surface area contributed by atoms with Crippen LogP contribution in [0.2, 0.25) is 0 Å². The Bertz CT molecular complexity index is 624. The number of aromatic amines is 1. The molecule has 0 saturated carbocycles. The molecule has 7 heteroatoms. The number of amides is 1. The number of fused-ring (bicyclic) bond motifs is 3. The predicted octanol–water partition coefficient (Wildman–Crippen LogP) is 0.504. The molecule has 7 nitrogen and oxygen atoms in total. The number of morpholine rings is 1. The third kappa shape index (κ3) is 1.66. The van der Waals surface area contributed by atoms with E-state index >= 15 is 0 Å². The fraction of sp³-hybridized carbons (Fsp3) is 0.417. The number of ether oxygens (including phenoxy) is 1. The minimum Gasteiger partial charge on any atom is -0.371 e. The van der Waals surface area contributed by atoms with Gasteiger partial charge in [0.1, 0.15) is 5.82 Å². The SMILES string of the molecule is O=CNc1cc2[nH]nc(N3CC4CC(C3)O4)c2cn1. The molecule has 3 aliphatic heterocycles. The van der Waals surface area contributed by atoms with Crippen LogP contribution in [-0.2, 0) is 9.53 Å². The van der Waals surface area contributed by atoms with E-state index in [2.05, 4.69) is 25.4 Å². The summed E-state index contributed by atoms with van der Waals surface area (Å²) in [7, 11) is 0. The largest absolute Gasteiger partial charge is 0.371 e. The summed E-state index contributed by atoms with van der Waals surface area (Å²) in [5.74, 6) is 1.43. The number of anilines is 2. The summed E-state index contributed by atoms with van der Waals surface area (Å²) in [6, 6.07) is 1.78. The van der Waals surface area contributed by atoms with Gasteiger partial charge < -0.3 is 15.0 Å². The molecule has 5 rings (SSSR count). The third-order valence-corrected chi connectivity index (χ3v) is 3.69. The molecule has 2 atom stereocenters. The number of rotatable bonds is 3. The number of hydrogen-bond acceptors (Lipinski definition) is 5. The zero-order chi connectivity index (χ0) is 12.8. The van der Waals surface area contributed by atoms with Gasteiger partial charge in [0.15, 0.2) is 5.82 Å². The maximum atomic E-state index is 10.4. The van der Waals surface area contributed by atoms with Gasteiger partial charge in [-0.15, -0.1) is 0 Å². The van der Waals surface area contributed by atoms with Crippen LogP contribution in [0, 0.1) is 0 Å². The van der Waals surface area contributed by atoms with E-state index in [4.69, 9.17) is 4.74 Å². The average molecular weight is 259 g/mol. The van der Waals surface area contributed by atoms with Crippen LogP contribution in [0.3, 0.4) is 0 Å². The molecule has 1 amide bonds. The van der Waals surface area contributed by atoms with Crippen molar-refractivity contribution in [3.63, 3.8) is 0 Å². The first-order chi connectivity index (χ1) is 9.33. The Balaban J connectivity index is 1.68. The van der Waals surface area contributed by atoms with Crippen LogP contribution in [0.1, 0.15) is 6.42 Å². The normalized spacial score (nSPS) is 25.2. The summed E-state index contributed by atoms with van der Waals surface area (Å²) in [6.07, 6.45) is 4.19. The van der Waals surface area contributed by atoms with Crippen LogP contribution < -0.4 is 10.2 Å². The molecule has 0 aromatic carbocycles. The molecule has 98 valence electrons. The Hall–Kier alpha value is -2.15. The second-order valence-electron chi connectivity index (χ2n) is 4.95. The van der Waals surface area contributed by atoms with E-state index in [1.807, 2.05) is 0 Å². The van der Waals surface area contributed by atoms with Gasteiger partial charge in [0, 0.05) is 31.8 Å². The van der Waals surface area contributed by atoms with E-state index in [1.54, 1.807) is 12.3 Å². The predicted molar refractivity (Wildman–Crippen MR) is 69.1 cm³/mol. The highest BCUT2D eigenvalue weighted by atomic mass is 16.5. The molecule has 2 aromatic rings. The van der Waals surface area contributed by atoms with E-state index in [9.17, 15) is 4.79 Å². The first-order valence-corrected chi connectivity index (χ1v) is 6.28. The molecule has 3 fully saturated rings. The monoisotopic (exact) mass is 259 g/mol. The van der Waals surface area contributed by atoms with Crippen molar-refractivity contribution in [3.05, 3.63) is 12.3 Å². The van der Waals surface area contributed by atoms with Crippen LogP contribution in [0.4, 0.5) is 11.6 Å². The maximum Gasteiger partial charge on any atom is 0.212 e. The molecule has 2 bridgehead atoms. The van der Waals surface area contributed by atoms with Crippen molar-refractivity contribution in [2.24, 2.45) is 0 Å². The Kier molecular flexibility index (Phi) is 2.22. The van der Waals surface area contributed by atoms with Crippen molar-refractivity contribution < 1.29 is 9.53 Å². The molecule has 2 aromatic heterocycles. The van der Waals surface area contributed by atoms with Gasteiger partial charge in [0.25, 0.3) is 0 Å². The number of pyridine rings is 1. The highest BCUT2D eigenvalue weighted by Crippen LogP contribution is 2.33. The molecule has 3 saturated heterocycles. The standard InChI is InChI=1S/C12H13N5O2/c18-6-14-11-2-10-9(3-13-11)12(16-15-10)17-4-7-1-8(5-17)19-7/h2-3,6-8H,1,4-5H2,(H,15,16)(H,13,14,18). The number of H-pyrrole nitrogens is 1. The van der Waals surface area contributed by atoms with Gasteiger partial charge in [-0.05, 0) is 0 Å². The fourth-order valence-corrected chi connectivity index (χ4v) is 2.81. The van der Waals surface area contributed by atoms with Gasteiger partial charge in [-0.1, -0.05) is 0 Å². The Morgan fingerprint density at radius 3 is 3.00 bits per heavy atom. The van der Waals surface area contributed by atoms with E-state index in [0.29, 0.717) is 24.4 Å². The van der Waals surface area contributed by atoms with Crippen LogP contribution >= 0.6 is 0 Å². The quantitative estimate of drug-likeness (QED) is 0.784. The van der Waals surface area contributed by atoms with E-state index in [1.165, 1.54) is 0 Å². The van der Waals surface area contributed by atoms with E-state index in [-0.39, 0.29) is 0 Å². The second kappa shape index (κ2) is 3.92. The highest BCUT2D eigenvalue weighted by Gasteiger charge is 2.39. The molecule has 2 unspecified atom stereocenters. The van der Waals surface area contributed by atoms with Crippen LogP contribution in [0.25, 0.3) is 10.9 Å². The Morgan fingerprint density at radius 2 is 2.26 bits per heavy atom. The fourth-order valence-electron chi connectivity index (χ4n) is 2.81. The summed E-state index contributed by atoms with van der Waals surface area (Å²) in [5, 5.41) is 10.8. The smallest absolute Gasteiger partial charge is 0.212 e. The van der Waals surface area contributed by atoms with Crippen molar-refractivity contribution in [2.45, 2.75) is 18.6 Å². The zero-order valence-corrected chi connectivity index (χ0v) is 10.2. The van der Waals surface area contributed by atoms with E-state index in [0.717, 1.165) is 36.2 Å². The lowest BCUT2D eigenvalue weighted by atomic mass is 9.99. The molecule has 2 N–H and O–H groups in total. The molecule has 5 heterocycles. The van der Waals surface area contributed by atoms with Gasteiger partial charge in [0.2, 0.25) is 6.41 Å². The number of carbonyl (C=O) groups excluding carboxylic acids is 1. The third-order valence-electron chi connectivity index (χ3n) is 3.69. The maximum absolute atomic E-state index is 10.4. The van der Waals surface area contributed by atoms with Crippen LogP contribution in [-0.4, -0.2) is 46.9 Å². The number of carbonyl (C=O) groups is 1. The van der Waals surface area contributed by atoms with Crippen molar-refractivity contribution in [1.29, 1.82) is 0 Å². The van der Waals surface area contributed by atoms with Gasteiger partial charge in [-0.2, -0.15) is 5.10 Å². The molecular weight excluding hydrogens is 246 g/mol. The molecule has 0 aliphatic carbocycles. The summed E-state index contributed by atoms with van der Waals surface area (Å²) in [4.78, 5) is 16.8. The minimum atomic E-state index is 0.342. The second-order valence-corrected chi connectivity index (χ2v) is 4.95. The topological polar surface area (TPSA) is 83.1 Å². The number of nitrogens with one attached hydrogen (secondary N) is 2. The zero-order valence-electron chi connectivity index (χ0n) is 10.2. The summed E-state index contributed by atoms with van der Waals surface area (Å²) in [5.41, 5.74) is 0.870. The molecule has 19 heavy (non-hydrogen) atoms. The van der Waals surface area contributed by atoms with Gasteiger partial charge in [-0.25, -0.2) is 4.98 Å². The first-order valence-electron chi connectivity index (χ1n) is 6.28. The highest BCUT2D eigenvalue weighted by molar-refractivity contribution is 5.91. The number of hydrogen-bond donors (Lipinski definition) is 2. The molecule has 0 spiro atoms. The summed E-state index contributed by atoms with van der Waals surface area (Å²) >= 11 is 0. The average Bonchev–Trinajstić information content (AvgIpc) is 2.81. The molecular formula is C12H13N5O2. The Morgan fingerprint density at radius 1 is 1.47 bits per heavy atom. The van der Waals surface area contributed by atoms with Crippen LogP contribution in [0.15, 0.2) is 12.3 Å². The van der Waals surface area contributed by atoms with Gasteiger partial charge >= 0.3 is 0 Å². The summed E-state index contributed by atoms with van der Waals surface area (Å²) in [6.45, 7) is 1.76. The molecule has 3 aliphatic rings. The number of aromatic nitrogens is 3. The lowest BCUT2D eigenvalue weighted by molar-refractivity contribution is -0.133. The van der Waals surface area contributed by atoms with Crippen LogP contribution in [0.5, 0.6) is 0 Å². The lowest BCUT2D eigenvalue weighted by Gasteiger charge is -2.47. The minimum absolute atomic E-state index is 0.342. The van der Waals surface area contributed by atoms with Gasteiger partial charge in [0.05, 0.1) is 23.1 Å². The number of piperidine rings is 1. The Labute approximate surface area is 108 Å². The lowest BCUT2D eigenvalue weighted by Crippen LogP contribution is -2.57. The molecule has 0 radical (unpaired) electrons.